The maximum Gasteiger partial charge on any atom is 0.243 e. The number of nitrogens with zero attached hydrogens (tertiary/aromatic N) is 3. The minimum Gasteiger partial charge on any atom is -0.354 e. The van der Waals surface area contributed by atoms with Gasteiger partial charge in [0.05, 0.1) is 0 Å². The standard InChI is InChI=1S/C15H30N4O.HI/c1-7-15(4)8-9-19(11-15)14(17-12(2)3)16-10-13(20)18(5)6;/h12H,7-11H2,1-6H3,(H,16,17);1H. The fourth-order valence-corrected chi connectivity index (χ4v) is 2.27. The molecule has 0 aromatic heterocycles. The van der Waals surface area contributed by atoms with E-state index in [0.29, 0.717) is 11.5 Å². The molecular weight excluding hydrogens is 379 g/mol. The van der Waals surface area contributed by atoms with E-state index in [4.69, 9.17) is 0 Å². The summed E-state index contributed by atoms with van der Waals surface area (Å²) in [6, 6.07) is 0.316. The quantitative estimate of drug-likeness (QED) is 0.439. The van der Waals surface area contributed by atoms with Crippen LogP contribution in [0.5, 0.6) is 0 Å². The van der Waals surface area contributed by atoms with Gasteiger partial charge < -0.3 is 15.1 Å². The molecule has 124 valence electrons. The first-order valence-corrected chi connectivity index (χ1v) is 7.53. The minimum absolute atomic E-state index is 0. The molecule has 1 saturated heterocycles. The van der Waals surface area contributed by atoms with E-state index in [9.17, 15) is 4.79 Å². The highest BCUT2D eigenvalue weighted by Crippen LogP contribution is 2.32. The van der Waals surface area contributed by atoms with Crippen LogP contribution in [0.25, 0.3) is 0 Å². The second-order valence-corrected chi connectivity index (χ2v) is 6.56. The van der Waals surface area contributed by atoms with Crippen LogP contribution in [-0.2, 0) is 4.79 Å². The van der Waals surface area contributed by atoms with Gasteiger partial charge in [-0.15, -0.1) is 24.0 Å². The summed E-state index contributed by atoms with van der Waals surface area (Å²) in [5.41, 5.74) is 0.366. The average Bonchev–Trinajstić information content (AvgIpc) is 2.77. The van der Waals surface area contributed by atoms with Crippen molar-refractivity contribution >= 4 is 35.8 Å². The van der Waals surface area contributed by atoms with E-state index in [-0.39, 0.29) is 36.4 Å². The van der Waals surface area contributed by atoms with E-state index >= 15 is 0 Å². The molecule has 5 nitrogen and oxygen atoms in total. The van der Waals surface area contributed by atoms with Crippen LogP contribution >= 0.6 is 24.0 Å². The van der Waals surface area contributed by atoms with Crippen LogP contribution in [0.3, 0.4) is 0 Å². The lowest BCUT2D eigenvalue weighted by Gasteiger charge is -2.27. The molecule has 1 atom stereocenters. The number of carbonyl (C=O) groups is 1. The van der Waals surface area contributed by atoms with Gasteiger partial charge in [-0.3, -0.25) is 4.79 Å². The van der Waals surface area contributed by atoms with Crippen molar-refractivity contribution in [1.29, 1.82) is 0 Å². The first kappa shape index (κ1) is 20.5. The van der Waals surface area contributed by atoms with E-state index in [1.807, 2.05) is 0 Å². The molecule has 1 N–H and O–H groups in total. The lowest BCUT2D eigenvalue weighted by atomic mass is 9.87. The molecule has 21 heavy (non-hydrogen) atoms. The monoisotopic (exact) mass is 410 g/mol. The highest BCUT2D eigenvalue weighted by molar-refractivity contribution is 14.0. The maximum absolute atomic E-state index is 11.7. The van der Waals surface area contributed by atoms with Crippen LogP contribution < -0.4 is 5.32 Å². The van der Waals surface area contributed by atoms with Gasteiger partial charge in [-0.05, 0) is 32.1 Å². The van der Waals surface area contributed by atoms with Crippen molar-refractivity contribution in [3.05, 3.63) is 0 Å². The number of guanidine groups is 1. The van der Waals surface area contributed by atoms with E-state index in [0.717, 1.165) is 19.0 Å². The fourth-order valence-electron chi connectivity index (χ4n) is 2.27. The Kier molecular flexibility index (Phi) is 8.58. The lowest BCUT2D eigenvalue weighted by molar-refractivity contribution is -0.127. The van der Waals surface area contributed by atoms with Crippen LogP contribution in [0, 0.1) is 5.41 Å². The molecule has 1 aliphatic heterocycles. The zero-order valence-electron chi connectivity index (χ0n) is 14.3. The second-order valence-electron chi connectivity index (χ2n) is 6.56. The van der Waals surface area contributed by atoms with Crippen molar-refractivity contribution in [2.24, 2.45) is 10.4 Å². The van der Waals surface area contributed by atoms with Gasteiger partial charge in [-0.2, -0.15) is 0 Å². The molecule has 1 aliphatic rings. The normalized spacial score (nSPS) is 22.2. The fraction of sp³-hybridized carbons (Fsp3) is 0.867. The van der Waals surface area contributed by atoms with Crippen molar-refractivity contribution in [3.8, 4) is 0 Å². The van der Waals surface area contributed by atoms with Gasteiger partial charge in [0.1, 0.15) is 6.54 Å². The smallest absolute Gasteiger partial charge is 0.243 e. The van der Waals surface area contributed by atoms with Gasteiger partial charge in [0.2, 0.25) is 5.91 Å². The van der Waals surface area contributed by atoms with E-state index in [1.165, 1.54) is 12.8 Å². The second kappa shape index (κ2) is 8.80. The lowest BCUT2D eigenvalue weighted by Crippen LogP contribution is -2.44. The molecule has 0 aromatic carbocycles. The number of likely N-dealkylation sites (tertiary alicyclic amines) is 1. The number of rotatable bonds is 4. The van der Waals surface area contributed by atoms with Gasteiger partial charge in [0.25, 0.3) is 0 Å². The molecule has 0 bridgehead atoms. The highest BCUT2D eigenvalue weighted by atomic mass is 127. The Morgan fingerprint density at radius 1 is 1.43 bits per heavy atom. The molecule has 1 unspecified atom stereocenters. The van der Waals surface area contributed by atoms with Crippen LogP contribution in [0.1, 0.15) is 40.5 Å². The number of likely N-dealkylation sites (N-methyl/N-ethyl adjacent to an activating group) is 1. The summed E-state index contributed by atoms with van der Waals surface area (Å²) >= 11 is 0. The molecule has 0 saturated carbocycles. The first-order chi connectivity index (χ1) is 9.27. The summed E-state index contributed by atoms with van der Waals surface area (Å²) in [6.45, 7) is 11.0. The third kappa shape index (κ3) is 6.40. The van der Waals surface area contributed by atoms with Gasteiger partial charge in [0.15, 0.2) is 5.96 Å². The van der Waals surface area contributed by atoms with E-state index in [1.54, 1.807) is 19.0 Å². The largest absolute Gasteiger partial charge is 0.354 e. The van der Waals surface area contributed by atoms with E-state index in [2.05, 4.69) is 42.9 Å². The SMILES string of the molecule is CCC1(C)CCN(C(=NCC(=O)N(C)C)NC(C)C)C1.I. The van der Waals surface area contributed by atoms with Crippen LogP contribution in [0.15, 0.2) is 4.99 Å². The Morgan fingerprint density at radius 3 is 2.48 bits per heavy atom. The molecule has 6 heteroatoms. The van der Waals surface area contributed by atoms with Crippen molar-refractivity contribution < 1.29 is 4.79 Å². The highest BCUT2D eigenvalue weighted by Gasteiger charge is 2.33. The van der Waals surface area contributed by atoms with E-state index < -0.39 is 0 Å². The molecule has 0 spiro atoms. The number of carbonyl (C=O) groups excluding carboxylic acids is 1. The summed E-state index contributed by atoms with van der Waals surface area (Å²) in [6.07, 6.45) is 2.36. The Bertz CT molecular complexity index is 371. The molecule has 1 rings (SSSR count). The minimum atomic E-state index is 0. The van der Waals surface area contributed by atoms with Gasteiger partial charge in [-0.1, -0.05) is 13.8 Å². The Labute approximate surface area is 146 Å². The molecule has 0 aromatic rings. The summed E-state index contributed by atoms with van der Waals surface area (Å²) in [7, 11) is 3.52. The van der Waals surface area contributed by atoms with Gasteiger partial charge in [-0.25, -0.2) is 4.99 Å². The third-order valence-electron chi connectivity index (χ3n) is 3.99. The van der Waals surface area contributed by atoms with Crippen molar-refractivity contribution in [3.63, 3.8) is 0 Å². The molecule has 1 amide bonds. The van der Waals surface area contributed by atoms with Gasteiger partial charge >= 0.3 is 0 Å². The molecule has 0 aliphatic carbocycles. The van der Waals surface area contributed by atoms with Crippen LogP contribution in [0.2, 0.25) is 0 Å². The van der Waals surface area contributed by atoms with Crippen molar-refractivity contribution in [1.82, 2.24) is 15.1 Å². The summed E-state index contributed by atoms with van der Waals surface area (Å²) in [5, 5.41) is 3.38. The predicted molar refractivity (Wildman–Crippen MR) is 99.3 cm³/mol. The number of amides is 1. The topological polar surface area (TPSA) is 47.9 Å². The Hall–Kier alpha value is -0.530. The van der Waals surface area contributed by atoms with Crippen LogP contribution in [-0.4, -0.2) is 61.4 Å². The zero-order chi connectivity index (χ0) is 15.3. The molecular formula is C15H31IN4O. The number of halogens is 1. The Balaban J connectivity index is 0.00000400. The molecule has 1 heterocycles. The molecule has 1 fully saturated rings. The molecule has 0 radical (unpaired) electrons. The number of aliphatic imine (C=N–C) groups is 1. The number of hydrogen-bond acceptors (Lipinski definition) is 2. The van der Waals surface area contributed by atoms with Gasteiger partial charge in [0, 0.05) is 33.2 Å². The van der Waals surface area contributed by atoms with Crippen molar-refractivity contribution in [2.75, 3.05) is 33.7 Å². The number of nitrogens with one attached hydrogen (secondary N) is 1. The van der Waals surface area contributed by atoms with Crippen molar-refractivity contribution in [2.45, 2.75) is 46.6 Å². The maximum atomic E-state index is 11.7. The summed E-state index contributed by atoms with van der Waals surface area (Å²) < 4.78 is 0. The third-order valence-corrected chi connectivity index (χ3v) is 3.99. The average molecular weight is 410 g/mol. The summed E-state index contributed by atoms with van der Waals surface area (Å²) in [4.78, 5) is 20.1. The summed E-state index contributed by atoms with van der Waals surface area (Å²) in [5.74, 6) is 0.901. The van der Waals surface area contributed by atoms with Crippen LogP contribution in [0.4, 0.5) is 0 Å². The zero-order valence-corrected chi connectivity index (χ0v) is 16.6. The predicted octanol–water partition coefficient (Wildman–Crippen LogP) is 2.17. The number of hydrogen-bond donors (Lipinski definition) is 1. The Morgan fingerprint density at radius 2 is 2.05 bits per heavy atom. The first-order valence-electron chi connectivity index (χ1n) is 7.53.